The van der Waals surface area contributed by atoms with Gasteiger partial charge in [0.2, 0.25) is 11.8 Å². The van der Waals surface area contributed by atoms with Crippen LogP contribution >= 0.6 is 11.6 Å². The molecule has 0 saturated carbocycles. The zero-order valence-corrected chi connectivity index (χ0v) is 16.9. The summed E-state index contributed by atoms with van der Waals surface area (Å²) >= 11 is 6.20. The van der Waals surface area contributed by atoms with E-state index >= 15 is 0 Å². The SMILES string of the molecule is CCNC(=O)C(C)N(Cc1ccccc1C)C(=O)CCc1ccccc1Cl. The second-order valence-corrected chi connectivity index (χ2v) is 7.02. The Labute approximate surface area is 166 Å². The molecule has 0 aliphatic heterocycles. The van der Waals surface area contributed by atoms with Crippen LogP contribution in [-0.2, 0) is 22.6 Å². The van der Waals surface area contributed by atoms with E-state index in [2.05, 4.69) is 5.32 Å². The van der Waals surface area contributed by atoms with Crippen LogP contribution in [0.1, 0.15) is 37.0 Å². The molecular weight excluding hydrogens is 360 g/mol. The number of hydrogen-bond acceptors (Lipinski definition) is 2. The van der Waals surface area contributed by atoms with Crippen LogP contribution in [0.4, 0.5) is 0 Å². The number of halogens is 1. The normalized spacial score (nSPS) is 11.7. The number of rotatable bonds is 8. The smallest absolute Gasteiger partial charge is 0.242 e. The van der Waals surface area contributed by atoms with Crippen LogP contribution in [0.2, 0.25) is 5.02 Å². The maximum absolute atomic E-state index is 13.0. The number of benzene rings is 2. The van der Waals surface area contributed by atoms with Crippen molar-refractivity contribution in [2.24, 2.45) is 0 Å². The Morgan fingerprint density at radius 3 is 2.33 bits per heavy atom. The third kappa shape index (κ3) is 5.83. The minimum Gasteiger partial charge on any atom is -0.355 e. The zero-order chi connectivity index (χ0) is 19.8. The number of nitrogens with one attached hydrogen (secondary N) is 1. The molecule has 144 valence electrons. The van der Waals surface area contributed by atoms with Gasteiger partial charge in [-0.05, 0) is 49.9 Å². The third-order valence-corrected chi connectivity index (χ3v) is 5.06. The van der Waals surface area contributed by atoms with Gasteiger partial charge in [0.15, 0.2) is 0 Å². The molecule has 0 bridgehead atoms. The first-order chi connectivity index (χ1) is 12.9. The maximum Gasteiger partial charge on any atom is 0.242 e. The second kappa shape index (κ2) is 10.1. The Bertz CT molecular complexity index is 791. The molecule has 0 spiro atoms. The van der Waals surface area contributed by atoms with Gasteiger partial charge in [0.1, 0.15) is 6.04 Å². The summed E-state index contributed by atoms with van der Waals surface area (Å²) in [5, 5.41) is 3.47. The van der Waals surface area contributed by atoms with Gasteiger partial charge < -0.3 is 10.2 Å². The Morgan fingerprint density at radius 1 is 1.07 bits per heavy atom. The van der Waals surface area contributed by atoms with Crippen molar-refractivity contribution in [2.45, 2.75) is 46.2 Å². The predicted molar refractivity (Wildman–Crippen MR) is 110 cm³/mol. The number of aryl methyl sites for hydroxylation is 2. The fourth-order valence-electron chi connectivity index (χ4n) is 2.96. The van der Waals surface area contributed by atoms with Gasteiger partial charge in [0.25, 0.3) is 0 Å². The molecule has 0 saturated heterocycles. The summed E-state index contributed by atoms with van der Waals surface area (Å²) in [6, 6.07) is 14.9. The fraction of sp³-hybridized carbons (Fsp3) is 0.364. The molecule has 1 unspecified atom stereocenters. The molecule has 2 amide bonds. The number of nitrogens with zero attached hydrogens (tertiary/aromatic N) is 1. The van der Waals surface area contributed by atoms with Crippen molar-refractivity contribution in [1.29, 1.82) is 0 Å². The van der Waals surface area contributed by atoms with Crippen LogP contribution in [0, 0.1) is 6.92 Å². The molecule has 0 fully saturated rings. The van der Waals surface area contributed by atoms with Crippen LogP contribution in [0.15, 0.2) is 48.5 Å². The molecule has 2 aromatic rings. The highest BCUT2D eigenvalue weighted by Gasteiger charge is 2.26. The summed E-state index contributed by atoms with van der Waals surface area (Å²) in [5.41, 5.74) is 3.08. The number of hydrogen-bond donors (Lipinski definition) is 1. The highest BCUT2D eigenvalue weighted by Crippen LogP contribution is 2.19. The summed E-state index contributed by atoms with van der Waals surface area (Å²) < 4.78 is 0. The molecule has 2 aromatic carbocycles. The van der Waals surface area contributed by atoms with Crippen molar-refractivity contribution in [3.8, 4) is 0 Å². The molecule has 1 N–H and O–H groups in total. The van der Waals surface area contributed by atoms with E-state index in [1.807, 2.05) is 62.4 Å². The lowest BCUT2D eigenvalue weighted by Gasteiger charge is -2.29. The molecule has 0 aliphatic rings. The van der Waals surface area contributed by atoms with E-state index in [9.17, 15) is 9.59 Å². The van der Waals surface area contributed by atoms with Crippen molar-refractivity contribution in [3.05, 3.63) is 70.2 Å². The van der Waals surface area contributed by atoms with Crippen molar-refractivity contribution < 1.29 is 9.59 Å². The lowest BCUT2D eigenvalue weighted by Crippen LogP contribution is -2.47. The summed E-state index contributed by atoms with van der Waals surface area (Å²) in [6.07, 6.45) is 0.851. The van der Waals surface area contributed by atoms with E-state index in [1.165, 1.54) is 0 Å². The third-order valence-electron chi connectivity index (χ3n) is 4.69. The Hall–Kier alpha value is -2.33. The Balaban J connectivity index is 2.17. The molecule has 2 rings (SSSR count). The lowest BCUT2D eigenvalue weighted by molar-refractivity contribution is -0.140. The van der Waals surface area contributed by atoms with Crippen LogP contribution in [-0.4, -0.2) is 29.3 Å². The van der Waals surface area contributed by atoms with E-state index in [1.54, 1.807) is 11.8 Å². The predicted octanol–water partition coefficient (Wildman–Crippen LogP) is 4.13. The van der Waals surface area contributed by atoms with Gasteiger partial charge >= 0.3 is 0 Å². The fourth-order valence-corrected chi connectivity index (χ4v) is 3.19. The monoisotopic (exact) mass is 386 g/mol. The average molecular weight is 387 g/mol. The first kappa shape index (κ1) is 21.0. The maximum atomic E-state index is 13.0. The van der Waals surface area contributed by atoms with Gasteiger partial charge in [0.05, 0.1) is 0 Å². The molecule has 0 heterocycles. The van der Waals surface area contributed by atoms with Crippen molar-refractivity contribution in [2.75, 3.05) is 6.54 Å². The van der Waals surface area contributed by atoms with E-state index in [-0.39, 0.29) is 11.8 Å². The topological polar surface area (TPSA) is 49.4 Å². The molecular formula is C22H27ClN2O2. The quantitative estimate of drug-likeness (QED) is 0.741. The van der Waals surface area contributed by atoms with Crippen LogP contribution in [0.5, 0.6) is 0 Å². The Morgan fingerprint density at radius 2 is 1.70 bits per heavy atom. The molecule has 4 nitrogen and oxygen atoms in total. The van der Waals surface area contributed by atoms with Gasteiger partial charge in [-0.25, -0.2) is 0 Å². The number of amides is 2. The van der Waals surface area contributed by atoms with E-state index in [0.717, 1.165) is 16.7 Å². The number of carbonyl (C=O) groups excluding carboxylic acids is 2. The molecule has 0 aromatic heterocycles. The van der Waals surface area contributed by atoms with Crippen molar-refractivity contribution >= 4 is 23.4 Å². The highest BCUT2D eigenvalue weighted by atomic mass is 35.5. The lowest BCUT2D eigenvalue weighted by atomic mass is 10.1. The van der Waals surface area contributed by atoms with Crippen LogP contribution in [0.3, 0.4) is 0 Å². The summed E-state index contributed by atoms with van der Waals surface area (Å²) in [5.74, 6) is -0.200. The van der Waals surface area contributed by atoms with Crippen LogP contribution in [0.25, 0.3) is 0 Å². The summed E-state index contributed by atoms with van der Waals surface area (Å²) in [4.78, 5) is 27.0. The molecule has 27 heavy (non-hydrogen) atoms. The van der Waals surface area contributed by atoms with E-state index < -0.39 is 6.04 Å². The standard InChI is InChI=1S/C22H27ClN2O2/c1-4-24-22(27)17(3)25(15-19-11-6-5-9-16(19)2)21(26)14-13-18-10-7-8-12-20(18)23/h5-12,17H,4,13-15H2,1-3H3,(H,24,27). The summed E-state index contributed by atoms with van der Waals surface area (Å²) in [7, 11) is 0. The second-order valence-electron chi connectivity index (χ2n) is 6.61. The molecule has 5 heteroatoms. The van der Waals surface area contributed by atoms with E-state index in [0.29, 0.717) is 31.0 Å². The number of likely N-dealkylation sites (N-methyl/N-ethyl adjacent to an activating group) is 1. The van der Waals surface area contributed by atoms with Gasteiger partial charge in [-0.1, -0.05) is 54.1 Å². The minimum absolute atomic E-state index is 0.0584. The first-order valence-corrected chi connectivity index (χ1v) is 9.67. The zero-order valence-electron chi connectivity index (χ0n) is 16.2. The van der Waals surface area contributed by atoms with Crippen LogP contribution < -0.4 is 5.32 Å². The van der Waals surface area contributed by atoms with E-state index in [4.69, 9.17) is 11.6 Å². The van der Waals surface area contributed by atoms with Gasteiger partial charge in [-0.15, -0.1) is 0 Å². The molecule has 0 aliphatic carbocycles. The Kier molecular flexibility index (Phi) is 7.86. The first-order valence-electron chi connectivity index (χ1n) is 9.29. The average Bonchev–Trinajstić information content (AvgIpc) is 2.66. The largest absolute Gasteiger partial charge is 0.355 e. The van der Waals surface area contributed by atoms with Gasteiger partial charge in [-0.2, -0.15) is 0 Å². The van der Waals surface area contributed by atoms with Gasteiger partial charge in [0, 0.05) is 24.5 Å². The van der Waals surface area contributed by atoms with Crippen molar-refractivity contribution in [1.82, 2.24) is 10.2 Å². The molecule has 1 atom stereocenters. The molecule has 0 radical (unpaired) electrons. The summed E-state index contributed by atoms with van der Waals surface area (Å²) in [6.45, 7) is 6.60. The van der Waals surface area contributed by atoms with Crippen molar-refractivity contribution in [3.63, 3.8) is 0 Å². The highest BCUT2D eigenvalue weighted by molar-refractivity contribution is 6.31. The van der Waals surface area contributed by atoms with Gasteiger partial charge in [-0.3, -0.25) is 9.59 Å². The number of carbonyl (C=O) groups is 2. The minimum atomic E-state index is -0.539.